The highest BCUT2D eigenvalue weighted by Crippen LogP contribution is 2.36. The smallest absolute Gasteiger partial charge is 0.315 e. The van der Waals surface area contributed by atoms with Gasteiger partial charge in [0.05, 0.1) is 5.92 Å². The van der Waals surface area contributed by atoms with Crippen LogP contribution in [0.3, 0.4) is 0 Å². The molecule has 1 N–H and O–H groups in total. The van der Waals surface area contributed by atoms with Gasteiger partial charge in [0, 0.05) is 12.6 Å². The van der Waals surface area contributed by atoms with E-state index in [0.717, 1.165) is 13.1 Å². The van der Waals surface area contributed by atoms with Gasteiger partial charge in [0.15, 0.2) is 0 Å². The Labute approximate surface area is 124 Å². The van der Waals surface area contributed by atoms with Crippen LogP contribution in [0.4, 0.5) is 13.2 Å². The Hall–Kier alpha value is -1.07. The van der Waals surface area contributed by atoms with Gasteiger partial charge in [-0.1, -0.05) is 37.3 Å². The largest absolute Gasteiger partial charge is 0.391 e. The van der Waals surface area contributed by atoms with Crippen molar-refractivity contribution in [3.63, 3.8) is 0 Å². The molecule has 0 spiro atoms. The molecular weight excluding hydrogens is 277 g/mol. The van der Waals surface area contributed by atoms with Gasteiger partial charge in [0.2, 0.25) is 0 Å². The molecule has 1 aliphatic rings. The summed E-state index contributed by atoms with van der Waals surface area (Å²) in [7, 11) is 0. The Balaban J connectivity index is 2.02. The molecule has 1 fully saturated rings. The Morgan fingerprint density at radius 1 is 1.19 bits per heavy atom. The van der Waals surface area contributed by atoms with E-state index in [0.29, 0.717) is 13.1 Å². The number of alkyl halides is 3. The van der Waals surface area contributed by atoms with Crippen molar-refractivity contribution < 1.29 is 13.2 Å². The van der Waals surface area contributed by atoms with E-state index in [1.807, 2.05) is 25.1 Å². The molecular formula is C16H23F3N2. The Kier molecular flexibility index (Phi) is 5.65. The van der Waals surface area contributed by atoms with Crippen LogP contribution in [0, 0.1) is 5.92 Å². The minimum absolute atomic E-state index is 0.153. The second kappa shape index (κ2) is 7.27. The predicted octanol–water partition coefficient (Wildman–Crippen LogP) is 3.61. The summed E-state index contributed by atoms with van der Waals surface area (Å²) in [6, 6.07) is 10.2. The van der Waals surface area contributed by atoms with Crippen LogP contribution < -0.4 is 5.32 Å². The van der Waals surface area contributed by atoms with Crippen LogP contribution in [-0.4, -0.2) is 37.3 Å². The highest BCUT2D eigenvalue weighted by molar-refractivity contribution is 5.19. The van der Waals surface area contributed by atoms with Gasteiger partial charge in [-0.3, -0.25) is 4.90 Å². The van der Waals surface area contributed by atoms with Gasteiger partial charge in [0.25, 0.3) is 0 Å². The van der Waals surface area contributed by atoms with Gasteiger partial charge in [-0.2, -0.15) is 13.2 Å². The minimum Gasteiger partial charge on any atom is -0.315 e. The number of halogens is 3. The molecule has 2 nitrogen and oxygen atoms in total. The second-order valence-electron chi connectivity index (χ2n) is 5.59. The van der Waals surface area contributed by atoms with Crippen molar-refractivity contribution in [3.05, 3.63) is 35.9 Å². The van der Waals surface area contributed by atoms with Crippen LogP contribution >= 0.6 is 0 Å². The van der Waals surface area contributed by atoms with Gasteiger partial charge in [-0.25, -0.2) is 0 Å². The van der Waals surface area contributed by atoms with Gasteiger partial charge in [-0.15, -0.1) is 0 Å². The molecule has 5 heteroatoms. The number of rotatable bonds is 5. The van der Waals surface area contributed by atoms with Crippen molar-refractivity contribution in [1.82, 2.24) is 10.2 Å². The lowest BCUT2D eigenvalue weighted by molar-refractivity contribution is -0.186. The SMILES string of the molecule is CCNCC(c1ccccc1)N1CCC(C(F)(F)F)CC1. The lowest BCUT2D eigenvalue weighted by Crippen LogP contribution is -2.43. The van der Waals surface area contributed by atoms with Crippen LogP contribution in [0.5, 0.6) is 0 Å². The molecule has 0 radical (unpaired) electrons. The summed E-state index contributed by atoms with van der Waals surface area (Å²) >= 11 is 0. The van der Waals surface area contributed by atoms with E-state index in [1.165, 1.54) is 5.56 Å². The third-order valence-corrected chi connectivity index (χ3v) is 4.21. The standard InChI is InChI=1S/C16H23F3N2/c1-2-20-12-15(13-6-4-3-5-7-13)21-10-8-14(9-11-21)16(17,18)19/h3-7,14-15,20H,2,8-12H2,1H3. The molecule has 0 saturated carbocycles. The zero-order valence-electron chi connectivity index (χ0n) is 12.4. The number of piperidine rings is 1. The molecule has 2 rings (SSSR count). The van der Waals surface area contributed by atoms with Crippen molar-refractivity contribution in [1.29, 1.82) is 0 Å². The van der Waals surface area contributed by atoms with Crippen molar-refractivity contribution in [2.75, 3.05) is 26.2 Å². The number of benzene rings is 1. The zero-order chi connectivity index (χ0) is 15.3. The van der Waals surface area contributed by atoms with Crippen LogP contribution in [0.15, 0.2) is 30.3 Å². The molecule has 1 aromatic carbocycles. The number of likely N-dealkylation sites (tertiary alicyclic amines) is 1. The number of hydrogen-bond donors (Lipinski definition) is 1. The molecule has 1 heterocycles. The average molecular weight is 300 g/mol. The van der Waals surface area contributed by atoms with E-state index in [2.05, 4.69) is 22.3 Å². The maximum atomic E-state index is 12.8. The van der Waals surface area contributed by atoms with Crippen molar-refractivity contribution in [2.24, 2.45) is 5.92 Å². The number of nitrogens with one attached hydrogen (secondary N) is 1. The summed E-state index contributed by atoms with van der Waals surface area (Å²) in [5.41, 5.74) is 1.17. The molecule has 1 aliphatic heterocycles. The molecule has 0 aromatic heterocycles. The fraction of sp³-hybridized carbons (Fsp3) is 0.625. The summed E-state index contributed by atoms with van der Waals surface area (Å²) in [4.78, 5) is 2.18. The van der Waals surface area contributed by atoms with Crippen LogP contribution in [0.1, 0.15) is 31.4 Å². The summed E-state index contributed by atoms with van der Waals surface area (Å²) in [5.74, 6) is -1.13. The van der Waals surface area contributed by atoms with E-state index in [1.54, 1.807) is 0 Å². The summed E-state index contributed by atoms with van der Waals surface area (Å²) in [5, 5.41) is 3.32. The Morgan fingerprint density at radius 3 is 2.33 bits per heavy atom. The number of nitrogens with zero attached hydrogens (tertiary/aromatic N) is 1. The van der Waals surface area contributed by atoms with Crippen molar-refractivity contribution in [2.45, 2.75) is 32.0 Å². The highest BCUT2D eigenvalue weighted by Gasteiger charge is 2.41. The van der Waals surface area contributed by atoms with Gasteiger partial charge in [-0.05, 0) is 38.0 Å². The number of likely N-dealkylation sites (N-methyl/N-ethyl adjacent to an activating group) is 1. The molecule has 1 saturated heterocycles. The molecule has 1 atom stereocenters. The minimum atomic E-state index is -4.05. The van der Waals surface area contributed by atoms with Gasteiger partial charge < -0.3 is 5.32 Å². The number of hydrogen-bond acceptors (Lipinski definition) is 2. The van der Waals surface area contributed by atoms with Crippen LogP contribution in [0.2, 0.25) is 0 Å². The first-order valence-corrected chi connectivity index (χ1v) is 7.58. The third-order valence-electron chi connectivity index (χ3n) is 4.21. The Morgan fingerprint density at radius 2 is 1.81 bits per heavy atom. The first kappa shape index (κ1) is 16.3. The molecule has 1 aromatic rings. The van der Waals surface area contributed by atoms with Crippen molar-refractivity contribution in [3.8, 4) is 0 Å². The van der Waals surface area contributed by atoms with E-state index >= 15 is 0 Å². The normalized spacial score (nSPS) is 19.6. The second-order valence-corrected chi connectivity index (χ2v) is 5.59. The third kappa shape index (κ3) is 4.45. The van der Waals surface area contributed by atoms with E-state index in [4.69, 9.17) is 0 Å². The highest BCUT2D eigenvalue weighted by atomic mass is 19.4. The predicted molar refractivity (Wildman–Crippen MR) is 78.1 cm³/mol. The average Bonchev–Trinajstić information content (AvgIpc) is 2.48. The maximum absolute atomic E-state index is 12.8. The van der Waals surface area contributed by atoms with Crippen molar-refractivity contribution >= 4 is 0 Å². The first-order valence-electron chi connectivity index (χ1n) is 7.58. The van der Waals surface area contributed by atoms with Gasteiger partial charge >= 0.3 is 6.18 Å². The lowest BCUT2D eigenvalue weighted by Gasteiger charge is -2.38. The zero-order valence-corrected chi connectivity index (χ0v) is 12.4. The monoisotopic (exact) mass is 300 g/mol. The van der Waals surface area contributed by atoms with Gasteiger partial charge in [0.1, 0.15) is 0 Å². The van der Waals surface area contributed by atoms with E-state index in [9.17, 15) is 13.2 Å². The first-order chi connectivity index (χ1) is 10.0. The molecule has 21 heavy (non-hydrogen) atoms. The quantitative estimate of drug-likeness (QED) is 0.893. The van der Waals surface area contributed by atoms with Crippen LogP contribution in [-0.2, 0) is 0 Å². The van der Waals surface area contributed by atoms with E-state index in [-0.39, 0.29) is 18.9 Å². The topological polar surface area (TPSA) is 15.3 Å². The summed E-state index contributed by atoms with van der Waals surface area (Å²) in [6.45, 7) is 4.70. The lowest BCUT2D eigenvalue weighted by atomic mass is 9.93. The van der Waals surface area contributed by atoms with Crippen LogP contribution in [0.25, 0.3) is 0 Å². The molecule has 0 bridgehead atoms. The molecule has 0 amide bonds. The Bertz CT molecular complexity index is 411. The summed E-state index contributed by atoms with van der Waals surface area (Å²) < 4.78 is 38.3. The molecule has 0 aliphatic carbocycles. The molecule has 118 valence electrons. The fourth-order valence-electron chi connectivity index (χ4n) is 2.95. The maximum Gasteiger partial charge on any atom is 0.391 e. The molecule has 1 unspecified atom stereocenters. The summed E-state index contributed by atoms with van der Waals surface area (Å²) in [6.07, 6.45) is -3.63. The van der Waals surface area contributed by atoms with E-state index < -0.39 is 12.1 Å². The fourth-order valence-corrected chi connectivity index (χ4v) is 2.95.